The van der Waals surface area contributed by atoms with Crippen LogP contribution >= 0.6 is 11.8 Å². The second-order valence-electron chi connectivity index (χ2n) is 3.75. The van der Waals surface area contributed by atoms with E-state index in [9.17, 15) is 5.11 Å². The van der Waals surface area contributed by atoms with Gasteiger partial charge in [-0.15, -0.1) is 0 Å². The lowest BCUT2D eigenvalue weighted by atomic mass is 10.2. The molecule has 1 fully saturated rings. The smallest absolute Gasteiger partial charge is 0.121 e. The van der Waals surface area contributed by atoms with Crippen LogP contribution in [0.4, 0.5) is 0 Å². The molecule has 0 amide bonds. The van der Waals surface area contributed by atoms with Crippen molar-refractivity contribution in [1.29, 1.82) is 0 Å². The van der Waals surface area contributed by atoms with Crippen molar-refractivity contribution in [3.63, 3.8) is 0 Å². The Labute approximate surface area is 78.3 Å². The van der Waals surface area contributed by atoms with Crippen molar-refractivity contribution in [3.8, 4) is 0 Å². The molecule has 2 unspecified atom stereocenters. The van der Waals surface area contributed by atoms with E-state index < -0.39 is 6.23 Å². The van der Waals surface area contributed by atoms with Gasteiger partial charge in [-0.25, -0.2) is 0 Å². The fourth-order valence-corrected chi connectivity index (χ4v) is 2.02. The third kappa shape index (κ3) is 2.62. The highest BCUT2D eigenvalue weighted by Gasteiger charge is 2.35. The maximum absolute atomic E-state index is 9.57. The second-order valence-corrected chi connectivity index (χ2v) is 4.73. The lowest BCUT2D eigenvalue weighted by Gasteiger charge is -2.18. The third-order valence-corrected chi connectivity index (χ3v) is 2.71. The molecule has 72 valence electrons. The molecule has 1 heterocycles. The Morgan fingerprint density at radius 2 is 2.08 bits per heavy atom. The molecule has 0 radical (unpaired) electrons. The van der Waals surface area contributed by atoms with Gasteiger partial charge in [0.2, 0.25) is 0 Å². The molecule has 0 aliphatic carbocycles. The van der Waals surface area contributed by atoms with Gasteiger partial charge in [-0.05, 0) is 32.3 Å². The van der Waals surface area contributed by atoms with E-state index in [1.807, 2.05) is 25.6 Å². The first-order valence-electron chi connectivity index (χ1n) is 4.27. The lowest BCUT2D eigenvalue weighted by Crippen LogP contribution is -2.44. The van der Waals surface area contributed by atoms with Gasteiger partial charge in [-0.1, -0.05) is 0 Å². The van der Waals surface area contributed by atoms with Crippen molar-refractivity contribution in [2.75, 3.05) is 12.0 Å². The van der Waals surface area contributed by atoms with Crippen molar-refractivity contribution < 1.29 is 5.11 Å². The second kappa shape index (κ2) is 3.96. The molecule has 2 atom stereocenters. The normalized spacial score (nSPS) is 34.0. The number of hydrogen-bond acceptors (Lipinski definition) is 4. The molecule has 1 rings (SSSR count). The summed E-state index contributed by atoms with van der Waals surface area (Å²) in [5, 5.41) is 16.0. The first-order chi connectivity index (χ1) is 5.55. The fourth-order valence-electron chi connectivity index (χ4n) is 1.53. The van der Waals surface area contributed by atoms with Gasteiger partial charge in [0, 0.05) is 6.04 Å². The summed E-state index contributed by atoms with van der Waals surface area (Å²) in [5.74, 6) is 1.09. The van der Waals surface area contributed by atoms with E-state index >= 15 is 0 Å². The Hall–Kier alpha value is 0.230. The van der Waals surface area contributed by atoms with Crippen molar-refractivity contribution in [1.82, 2.24) is 10.6 Å². The highest BCUT2D eigenvalue weighted by Crippen LogP contribution is 2.15. The van der Waals surface area contributed by atoms with Crippen LogP contribution in [-0.4, -0.2) is 35.0 Å². The average molecular weight is 190 g/mol. The molecule has 3 nitrogen and oxygen atoms in total. The number of nitrogens with one attached hydrogen (secondary N) is 2. The van der Waals surface area contributed by atoms with Gasteiger partial charge in [-0.2, -0.15) is 11.8 Å². The molecular formula is C8H18N2OS. The Bertz CT molecular complexity index is 152. The Morgan fingerprint density at radius 3 is 2.50 bits per heavy atom. The lowest BCUT2D eigenvalue weighted by molar-refractivity contribution is 0.129. The molecule has 3 N–H and O–H groups in total. The standard InChI is InChI=1S/C8H18N2OS/c1-8(2)9-6(4-5-12-3)7(11)10-8/h6-7,9-11H,4-5H2,1-3H3. The minimum Gasteiger partial charge on any atom is -0.377 e. The molecule has 1 saturated heterocycles. The van der Waals surface area contributed by atoms with Crippen LogP contribution in [0.5, 0.6) is 0 Å². The molecule has 0 aromatic heterocycles. The first-order valence-corrected chi connectivity index (χ1v) is 5.67. The van der Waals surface area contributed by atoms with Crippen LogP contribution in [0.25, 0.3) is 0 Å². The third-order valence-electron chi connectivity index (χ3n) is 2.07. The topological polar surface area (TPSA) is 44.3 Å². The predicted octanol–water partition coefficient (Wildman–Crippen LogP) is 0.355. The van der Waals surface area contributed by atoms with Gasteiger partial charge in [0.05, 0.1) is 5.66 Å². The maximum Gasteiger partial charge on any atom is 0.121 e. The van der Waals surface area contributed by atoms with Crippen molar-refractivity contribution in [2.24, 2.45) is 0 Å². The van der Waals surface area contributed by atoms with Crippen LogP contribution in [0, 0.1) is 0 Å². The minimum atomic E-state index is -0.396. The summed E-state index contributed by atoms with van der Waals surface area (Å²) in [4.78, 5) is 0. The summed E-state index contributed by atoms with van der Waals surface area (Å²) < 4.78 is 0. The number of hydrogen-bond donors (Lipinski definition) is 3. The molecule has 0 bridgehead atoms. The predicted molar refractivity (Wildman–Crippen MR) is 53.1 cm³/mol. The van der Waals surface area contributed by atoms with Gasteiger partial charge in [0.25, 0.3) is 0 Å². The maximum atomic E-state index is 9.57. The van der Waals surface area contributed by atoms with E-state index in [-0.39, 0.29) is 11.7 Å². The summed E-state index contributed by atoms with van der Waals surface area (Å²) in [6.07, 6.45) is 2.70. The van der Waals surface area contributed by atoms with E-state index in [2.05, 4.69) is 16.9 Å². The molecule has 1 aliphatic heterocycles. The SMILES string of the molecule is CSCCC1NC(C)(C)NC1O. The molecule has 0 aromatic rings. The van der Waals surface area contributed by atoms with E-state index in [1.165, 1.54) is 0 Å². The summed E-state index contributed by atoms with van der Waals surface area (Å²) in [7, 11) is 0. The highest BCUT2D eigenvalue weighted by atomic mass is 32.2. The number of rotatable bonds is 3. The van der Waals surface area contributed by atoms with Gasteiger partial charge in [-0.3, -0.25) is 10.6 Å². The zero-order chi connectivity index (χ0) is 9.19. The molecule has 1 aliphatic rings. The highest BCUT2D eigenvalue weighted by molar-refractivity contribution is 7.98. The molecule has 0 spiro atoms. The fraction of sp³-hybridized carbons (Fsp3) is 1.00. The largest absolute Gasteiger partial charge is 0.377 e. The Balaban J connectivity index is 2.36. The number of thioether (sulfide) groups is 1. The van der Waals surface area contributed by atoms with Crippen molar-refractivity contribution in [3.05, 3.63) is 0 Å². The van der Waals surface area contributed by atoms with Crippen LogP contribution in [0.3, 0.4) is 0 Å². The molecule has 0 saturated carbocycles. The van der Waals surface area contributed by atoms with Gasteiger partial charge < -0.3 is 5.11 Å². The van der Waals surface area contributed by atoms with Crippen LogP contribution in [0.1, 0.15) is 20.3 Å². The molecule has 0 aromatic carbocycles. The van der Waals surface area contributed by atoms with E-state index in [4.69, 9.17) is 0 Å². The van der Waals surface area contributed by atoms with Gasteiger partial charge >= 0.3 is 0 Å². The summed E-state index contributed by atoms with van der Waals surface area (Å²) >= 11 is 1.81. The van der Waals surface area contributed by atoms with Crippen LogP contribution in [-0.2, 0) is 0 Å². The van der Waals surface area contributed by atoms with Gasteiger partial charge in [0.1, 0.15) is 6.23 Å². The summed E-state index contributed by atoms with van der Waals surface area (Å²) in [5.41, 5.74) is -0.123. The molecule has 12 heavy (non-hydrogen) atoms. The van der Waals surface area contributed by atoms with Crippen molar-refractivity contribution in [2.45, 2.75) is 38.2 Å². The van der Waals surface area contributed by atoms with Crippen LogP contribution in [0.15, 0.2) is 0 Å². The van der Waals surface area contributed by atoms with E-state index in [1.54, 1.807) is 0 Å². The first kappa shape index (κ1) is 10.3. The van der Waals surface area contributed by atoms with Crippen LogP contribution < -0.4 is 10.6 Å². The Kier molecular flexibility index (Phi) is 3.40. The van der Waals surface area contributed by atoms with E-state index in [0.717, 1.165) is 12.2 Å². The Morgan fingerprint density at radius 1 is 1.42 bits per heavy atom. The molecular weight excluding hydrogens is 172 g/mol. The summed E-state index contributed by atoms with van der Waals surface area (Å²) in [6.45, 7) is 4.07. The van der Waals surface area contributed by atoms with Crippen molar-refractivity contribution >= 4 is 11.8 Å². The van der Waals surface area contributed by atoms with E-state index in [0.29, 0.717) is 0 Å². The zero-order valence-corrected chi connectivity index (χ0v) is 8.74. The number of aliphatic hydroxyl groups excluding tert-OH is 1. The summed E-state index contributed by atoms with van der Waals surface area (Å²) in [6, 6.07) is 0.201. The monoisotopic (exact) mass is 190 g/mol. The zero-order valence-electron chi connectivity index (χ0n) is 7.92. The molecule has 4 heteroatoms. The van der Waals surface area contributed by atoms with Gasteiger partial charge in [0.15, 0.2) is 0 Å². The quantitative estimate of drug-likeness (QED) is 0.601. The average Bonchev–Trinajstić information content (AvgIpc) is 2.20. The minimum absolute atomic E-state index is 0.123. The van der Waals surface area contributed by atoms with Crippen LogP contribution in [0.2, 0.25) is 0 Å². The number of aliphatic hydroxyl groups is 1.